The molecule has 27 heavy (non-hydrogen) atoms. The number of thioether (sulfide) groups is 2. The molecule has 0 aliphatic carbocycles. The minimum Gasteiger partial charge on any atom is -0.464 e. The fraction of sp³-hybridized carbons (Fsp3) is 0.565. The highest BCUT2D eigenvalue weighted by molar-refractivity contribution is 8.00. The number of hydrogen-bond donors (Lipinski definition) is 1. The number of nitrogens with one attached hydrogen (secondary N) is 1. The largest absolute Gasteiger partial charge is 0.464 e. The van der Waals surface area contributed by atoms with Crippen molar-refractivity contribution in [3.63, 3.8) is 0 Å². The van der Waals surface area contributed by atoms with Gasteiger partial charge in [0.2, 0.25) is 0 Å². The van der Waals surface area contributed by atoms with E-state index in [2.05, 4.69) is 90.2 Å². The Hall–Kier alpha value is -0.840. The predicted octanol–water partition coefficient (Wildman–Crippen LogP) is 7.25. The second-order valence-corrected chi connectivity index (χ2v) is 12.1. The first-order valence-corrected chi connectivity index (χ1v) is 11.6. The minimum atomic E-state index is 0.341. The Kier molecular flexibility index (Phi) is 10.6. The average molecular weight is 408 g/mol. The first-order valence-electron chi connectivity index (χ1n) is 9.63. The van der Waals surface area contributed by atoms with Crippen LogP contribution in [0.1, 0.15) is 60.0 Å². The van der Waals surface area contributed by atoms with Gasteiger partial charge >= 0.3 is 0 Å². The quantitative estimate of drug-likeness (QED) is 0.368. The molecule has 0 saturated carbocycles. The van der Waals surface area contributed by atoms with E-state index in [-0.39, 0.29) is 0 Å². The van der Waals surface area contributed by atoms with Crippen LogP contribution < -0.4 is 5.32 Å². The normalized spacial score (nSPS) is 11.8. The summed E-state index contributed by atoms with van der Waals surface area (Å²) in [6, 6.07) is 14.6. The van der Waals surface area contributed by atoms with Gasteiger partial charge in [0, 0.05) is 21.9 Å². The van der Waals surface area contributed by atoms with E-state index in [1.807, 2.05) is 17.8 Å². The Labute approximate surface area is 175 Å². The molecule has 2 aromatic rings. The van der Waals surface area contributed by atoms with Crippen molar-refractivity contribution in [1.82, 2.24) is 5.32 Å². The highest BCUT2D eigenvalue weighted by Crippen LogP contribution is 2.24. The Balaban J connectivity index is 0.000000646. The van der Waals surface area contributed by atoms with Gasteiger partial charge in [-0.05, 0) is 29.7 Å². The predicted molar refractivity (Wildman–Crippen MR) is 124 cm³/mol. The molecular weight excluding hydrogens is 370 g/mol. The van der Waals surface area contributed by atoms with E-state index in [0.717, 1.165) is 36.1 Å². The molecular formula is C23H37NOS2. The highest BCUT2D eigenvalue weighted by atomic mass is 32.2. The third-order valence-electron chi connectivity index (χ3n) is 2.95. The van der Waals surface area contributed by atoms with E-state index in [1.54, 1.807) is 11.8 Å². The lowest BCUT2D eigenvalue weighted by Crippen LogP contribution is -2.19. The summed E-state index contributed by atoms with van der Waals surface area (Å²) in [4.78, 5) is 1.28. The van der Waals surface area contributed by atoms with Crippen LogP contribution in [0.15, 0.2) is 51.8 Å². The van der Waals surface area contributed by atoms with Crippen molar-refractivity contribution in [2.75, 3.05) is 12.3 Å². The second kappa shape index (κ2) is 11.9. The highest BCUT2D eigenvalue weighted by Gasteiger charge is 2.09. The van der Waals surface area contributed by atoms with Crippen LogP contribution in [0.2, 0.25) is 0 Å². The monoisotopic (exact) mass is 407 g/mol. The lowest BCUT2D eigenvalue weighted by Gasteiger charge is -2.17. The van der Waals surface area contributed by atoms with Crippen LogP contribution in [0.5, 0.6) is 0 Å². The molecule has 0 saturated heterocycles. The van der Waals surface area contributed by atoms with Gasteiger partial charge in [-0.2, -0.15) is 11.8 Å². The third-order valence-corrected chi connectivity index (χ3v) is 5.26. The molecule has 0 aliphatic heterocycles. The van der Waals surface area contributed by atoms with Gasteiger partial charge in [0.25, 0.3) is 0 Å². The Bertz CT molecular complexity index is 618. The first-order chi connectivity index (χ1) is 12.5. The van der Waals surface area contributed by atoms with Gasteiger partial charge in [0.05, 0.1) is 12.3 Å². The third kappa shape index (κ3) is 14.8. The van der Waals surface area contributed by atoms with Crippen molar-refractivity contribution in [1.29, 1.82) is 0 Å². The average Bonchev–Trinajstić information content (AvgIpc) is 2.99. The van der Waals surface area contributed by atoms with E-state index < -0.39 is 0 Å². The van der Waals surface area contributed by atoms with Crippen molar-refractivity contribution in [3.05, 3.63) is 54.0 Å². The molecule has 0 aliphatic rings. The van der Waals surface area contributed by atoms with Gasteiger partial charge in [-0.15, -0.1) is 11.8 Å². The van der Waals surface area contributed by atoms with E-state index in [4.69, 9.17) is 4.42 Å². The SMILES string of the molecule is CC(C)(C)C.CC(C)(C)SCCNCc1ccc(CSc2ccccc2)o1. The number of rotatable bonds is 8. The summed E-state index contributed by atoms with van der Waals surface area (Å²) >= 11 is 3.79. The summed E-state index contributed by atoms with van der Waals surface area (Å²) < 4.78 is 6.20. The van der Waals surface area contributed by atoms with Crippen molar-refractivity contribution in [2.45, 2.75) is 70.4 Å². The zero-order valence-electron chi connectivity index (χ0n) is 18.1. The number of benzene rings is 1. The molecule has 0 unspecified atom stereocenters. The molecule has 152 valence electrons. The standard InChI is InChI=1S/C18H25NOS2.C5H12/c1-18(2,3)22-12-11-19-13-15-9-10-16(20-15)14-21-17-7-5-4-6-8-17;1-5(2,3)4/h4-10,19H,11-14H2,1-3H3;1-4H3. The van der Waals surface area contributed by atoms with Crippen LogP contribution in [-0.2, 0) is 12.3 Å². The van der Waals surface area contributed by atoms with Gasteiger partial charge < -0.3 is 9.73 Å². The molecule has 1 heterocycles. The maximum atomic E-state index is 5.86. The molecule has 1 N–H and O–H groups in total. The summed E-state index contributed by atoms with van der Waals surface area (Å²) in [7, 11) is 0. The smallest absolute Gasteiger partial charge is 0.118 e. The van der Waals surface area contributed by atoms with Crippen LogP contribution >= 0.6 is 23.5 Å². The lowest BCUT2D eigenvalue weighted by atomic mass is 10.0. The van der Waals surface area contributed by atoms with Crippen LogP contribution in [0.4, 0.5) is 0 Å². The second-order valence-electron chi connectivity index (χ2n) is 9.11. The Morgan fingerprint density at radius 3 is 2.04 bits per heavy atom. The molecule has 1 aromatic heterocycles. The molecule has 0 spiro atoms. The zero-order valence-corrected chi connectivity index (χ0v) is 19.7. The first kappa shape index (κ1) is 24.2. The summed E-state index contributed by atoms with van der Waals surface area (Å²) in [5.41, 5.74) is 0.500. The molecule has 0 amide bonds. The van der Waals surface area contributed by atoms with Gasteiger partial charge in [0.1, 0.15) is 11.5 Å². The van der Waals surface area contributed by atoms with Gasteiger partial charge in [-0.25, -0.2) is 0 Å². The van der Waals surface area contributed by atoms with Gasteiger partial charge in [-0.1, -0.05) is 66.7 Å². The van der Waals surface area contributed by atoms with E-state index in [9.17, 15) is 0 Å². The lowest BCUT2D eigenvalue weighted by molar-refractivity contribution is 0.463. The van der Waals surface area contributed by atoms with Crippen molar-refractivity contribution in [3.8, 4) is 0 Å². The Morgan fingerprint density at radius 2 is 1.44 bits per heavy atom. The van der Waals surface area contributed by atoms with E-state index >= 15 is 0 Å². The van der Waals surface area contributed by atoms with Crippen molar-refractivity contribution >= 4 is 23.5 Å². The maximum Gasteiger partial charge on any atom is 0.118 e. The molecule has 1 aromatic carbocycles. The molecule has 4 heteroatoms. The van der Waals surface area contributed by atoms with Gasteiger partial charge in [0.15, 0.2) is 0 Å². The molecule has 0 bridgehead atoms. The topological polar surface area (TPSA) is 25.2 Å². The zero-order chi connectivity index (χ0) is 20.3. The summed E-state index contributed by atoms with van der Waals surface area (Å²) in [6.45, 7) is 17.3. The van der Waals surface area contributed by atoms with Crippen LogP contribution in [-0.4, -0.2) is 17.0 Å². The molecule has 0 radical (unpaired) electrons. The van der Waals surface area contributed by atoms with Crippen LogP contribution in [0, 0.1) is 5.41 Å². The molecule has 2 rings (SSSR count). The van der Waals surface area contributed by atoms with Crippen molar-refractivity contribution < 1.29 is 4.42 Å². The number of furan rings is 1. The fourth-order valence-electron chi connectivity index (χ4n) is 1.91. The Morgan fingerprint density at radius 1 is 0.852 bits per heavy atom. The molecule has 2 nitrogen and oxygen atoms in total. The summed E-state index contributed by atoms with van der Waals surface area (Å²) in [6.07, 6.45) is 0. The van der Waals surface area contributed by atoms with Crippen LogP contribution in [0.3, 0.4) is 0 Å². The maximum absolute atomic E-state index is 5.86. The van der Waals surface area contributed by atoms with E-state index in [0.29, 0.717) is 10.2 Å². The minimum absolute atomic E-state index is 0.341. The summed E-state index contributed by atoms with van der Waals surface area (Å²) in [5.74, 6) is 4.06. The number of hydrogen-bond acceptors (Lipinski definition) is 4. The molecule has 0 fully saturated rings. The van der Waals surface area contributed by atoms with Crippen LogP contribution in [0.25, 0.3) is 0 Å². The van der Waals surface area contributed by atoms with Crippen molar-refractivity contribution in [2.24, 2.45) is 5.41 Å². The molecule has 0 atom stereocenters. The fourth-order valence-corrected chi connectivity index (χ4v) is 3.58. The summed E-state index contributed by atoms with van der Waals surface area (Å²) in [5, 5.41) is 3.44. The van der Waals surface area contributed by atoms with Gasteiger partial charge in [-0.3, -0.25) is 0 Å². The van der Waals surface area contributed by atoms with E-state index in [1.165, 1.54) is 4.90 Å².